The van der Waals surface area contributed by atoms with Crippen LogP contribution in [0.1, 0.15) is 24.5 Å². The molecule has 0 spiro atoms. The molecule has 0 radical (unpaired) electrons. The Balaban J connectivity index is 0.00000156. The first-order chi connectivity index (χ1) is 10.9. The number of ether oxygens (including phenoxy) is 1. The monoisotopic (exact) mass is 552 g/mol. The van der Waals surface area contributed by atoms with Crippen molar-refractivity contribution in [2.45, 2.75) is 18.8 Å². The first-order valence-electron chi connectivity index (χ1n) is 7.83. The Hall–Kier alpha value is -3.14. The molecule has 0 atom stereocenters. The molecule has 2 aromatic rings. The Morgan fingerprint density at radius 2 is 2.04 bits per heavy atom. The molecule has 23 heavy (non-hydrogen) atoms. The number of benzene rings is 1. The predicted molar refractivity (Wildman–Crippen MR) is 85.6 cm³/mol. The molecule has 4 rings (SSSR count). The predicted octanol–water partition coefficient (Wildman–Crippen LogP) is 2.73. The van der Waals surface area contributed by atoms with Gasteiger partial charge in [-0.3, -0.25) is 9.97 Å². The van der Waals surface area contributed by atoms with E-state index in [0.29, 0.717) is 11.9 Å². The van der Waals surface area contributed by atoms with E-state index < -0.39 is 0 Å². The first kappa shape index (κ1) is 14.8. The van der Waals surface area contributed by atoms with Crippen molar-refractivity contribution in [3.05, 3.63) is 42.2 Å². The normalized spacial score (nSPS) is 17.5. The van der Waals surface area contributed by atoms with Gasteiger partial charge in [-0.2, -0.15) is 0 Å². The molecule has 2 heterocycles. The molecule has 1 N–H and O–H groups in total. The molecule has 5 nitrogen and oxygen atoms in total. The molecule has 2 fully saturated rings. The zero-order chi connectivity index (χ0) is 14.8. The molecule has 0 amide bonds. The summed E-state index contributed by atoms with van der Waals surface area (Å²) in [7, 11) is 0. The molecule has 126 valence electrons. The Labute approximate surface area is 130 Å². The van der Waals surface area contributed by atoms with Crippen LogP contribution in [0.25, 0.3) is 0 Å². The van der Waals surface area contributed by atoms with Crippen molar-refractivity contribution in [2.75, 3.05) is 36.5 Å². The number of hydrogen-bond acceptors (Lipinski definition) is 5. The van der Waals surface area contributed by atoms with Crippen LogP contribution in [0.4, 0.5) is 17.3 Å². The summed E-state index contributed by atoms with van der Waals surface area (Å²) in [6, 6.07) is 11.5. The van der Waals surface area contributed by atoms with Crippen molar-refractivity contribution in [1.29, 1.82) is 0 Å². The fourth-order valence-electron chi connectivity index (χ4n) is 2.69. The van der Waals surface area contributed by atoms with Gasteiger partial charge in [-0.15, -0.1) is 11.9 Å². The van der Waals surface area contributed by atoms with Crippen LogP contribution >= 0.6 is 0 Å². The Bertz CT molecular complexity index is 657. The number of rotatable bonds is 4. The van der Waals surface area contributed by atoms with Crippen LogP contribution < -0.4 is 10.2 Å². The third kappa shape index (κ3) is 3.37. The van der Waals surface area contributed by atoms with E-state index in [1.165, 1.54) is 18.5 Å². The maximum atomic E-state index is 5.41. The van der Waals surface area contributed by atoms with Gasteiger partial charge in [-0.1, -0.05) is 6.07 Å². The minimum absolute atomic E-state index is 0. The fourth-order valence-corrected chi connectivity index (χ4v) is 2.69. The van der Waals surface area contributed by atoms with E-state index in [9.17, 15) is 0 Å². The molecule has 1 aliphatic heterocycles. The van der Waals surface area contributed by atoms with Gasteiger partial charge in [0.05, 0.1) is 13.2 Å². The average Bonchev–Trinajstić information content (AvgIpc) is 3.41. The summed E-state index contributed by atoms with van der Waals surface area (Å²) in [5.41, 5.74) is 3.25. The van der Waals surface area contributed by atoms with Gasteiger partial charge in [-0.25, -0.2) is 0 Å². The number of morpholine rings is 1. The quantitative estimate of drug-likeness (QED) is 0.592. The summed E-state index contributed by atoms with van der Waals surface area (Å²) in [6.45, 7) is 3.46. The molecule has 1 saturated heterocycles. The molecular formula is C17H19FmN4O-. The minimum Gasteiger partial charge on any atom is -0.430 e. The molecular weight excluding hydrogens is 533 g/mol. The maximum Gasteiger partial charge on any atom is 0.221 e. The fraction of sp³-hybridized carbons (Fsp3) is 0.412. The van der Waals surface area contributed by atoms with Crippen molar-refractivity contribution >= 4 is 17.3 Å². The Morgan fingerprint density at radius 3 is 2.83 bits per heavy atom. The maximum absolute atomic E-state index is 5.41. The van der Waals surface area contributed by atoms with Crippen LogP contribution in [0.3, 0.4) is 0 Å². The largest absolute Gasteiger partial charge is 0.430 e. The molecule has 0 unspecified atom stereocenters. The molecule has 6 heteroatoms. The van der Waals surface area contributed by atoms with Gasteiger partial charge in [0.1, 0.15) is 0 Å². The number of aromatic nitrogens is 2. The number of hydrogen-bond donors (Lipinski definition) is 1. The van der Waals surface area contributed by atoms with Gasteiger partial charge in [0.25, 0.3) is 0 Å². The molecule has 1 saturated carbocycles. The van der Waals surface area contributed by atoms with Gasteiger partial charge < -0.3 is 21.0 Å². The minimum atomic E-state index is 0. The van der Waals surface area contributed by atoms with E-state index in [2.05, 4.69) is 44.5 Å². The Morgan fingerprint density at radius 1 is 1.22 bits per heavy atom. The summed E-state index contributed by atoms with van der Waals surface area (Å²) in [5.74, 6) is 1.24. The van der Waals surface area contributed by atoms with Crippen molar-refractivity contribution < 1.29 is 4.74 Å². The van der Waals surface area contributed by atoms with Crippen LogP contribution in [0, 0.1) is 6.07 Å². The number of anilines is 3. The first-order valence-corrected chi connectivity index (χ1v) is 7.83. The topological polar surface area (TPSA) is 50.3 Å². The Kier molecular flexibility index (Phi) is 4.06. The van der Waals surface area contributed by atoms with Crippen molar-refractivity contribution in [3.8, 4) is 0 Å². The molecule has 1 aromatic carbocycles. The second-order valence-corrected chi connectivity index (χ2v) is 5.77. The van der Waals surface area contributed by atoms with E-state index >= 15 is 0 Å². The summed E-state index contributed by atoms with van der Waals surface area (Å²) >= 11 is 0. The van der Waals surface area contributed by atoms with Gasteiger partial charge in [0, 0.05) is 24.5 Å². The van der Waals surface area contributed by atoms with Crippen LogP contribution in [0.15, 0.2) is 30.5 Å². The van der Waals surface area contributed by atoms with Crippen molar-refractivity contribution in [1.82, 2.24) is 9.97 Å². The summed E-state index contributed by atoms with van der Waals surface area (Å²) in [5, 5.41) is 3.31. The second kappa shape index (κ2) is 6.32. The molecule has 0 bridgehead atoms. The number of nitrogens with zero attached hydrogens (tertiary/aromatic N) is 3. The number of nitrogens with one attached hydrogen (secondary N) is 1. The van der Waals surface area contributed by atoms with Crippen molar-refractivity contribution in [3.63, 3.8) is 0 Å². The zero-order valence-corrected chi connectivity index (χ0v) is 15.1. The van der Waals surface area contributed by atoms with Gasteiger partial charge in [0.15, 0.2) is 0 Å². The summed E-state index contributed by atoms with van der Waals surface area (Å²) in [4.78, 5) is 11.2. The average molecular weight is 552 g/mol. The smallest absolute Gasteiger partial charge is 0.221 e. The molecule has 1 aromatic heterocycles. The standard InChI is InChI=1S/C17H19N4O.Fm/c1-2-14(12-15(3-1)21-8-10-22-11-9-21)19-17-18-7-6-16(20-17)13-4-5-13;/h1-3,7,12-13H,4-5,8-11H2,(H,18,19,20);/q-1;. The van der Waals surface area contributed by atoms with Crippen LogP contribution in [0.2, 0.25) is 0 Å². The van der Waals surface area contributed by atoms with Crippen LogP contribution in [-0.2, 0) is 4.74 Å². The summed E-state index contributed by atoms with van der Waals surface area (Å²) < 4.78 is 5.41. The molecule has 2 aliphatic rings. The second-order valence-electron chi connectivity index (χ2n) is 5.77. The van der Waals surface area contributed by atoms with Gasteiger partial charge in [0.2, 0.25) is 5.95 Å². The van der Waals surface area contributed by atoms with Crippen LogP contribution in [-0.4, -0.2) is 36.3 Å². The van der Waals surface area contributed by atoms with E-state index in [1.54, 1.807) is 6.20 Å². The van der Waals surface area contributed by atoms with E-state index in [0.717, 1.165) is 37.7 Å². The molecule has 1 aliphatic carbocycles. The van der Waals surface area contributed by atoms with Gasteiger partial charge in [-0.05, 0) is 37.0 Å². The third-order valence-electron chi connectivity index (χ3n) is 4.07. The SMILES string of the molecule is [Fm].[c-]1cnc(Nc2cccc(N3CCOCC3)c2)nc1C1CC1. The van der Waals surface area contributed by atoms with E-state index in [4.69, 9.17) is 4.74 Å². The van der Waals surface area contributed by atoms with Crippen molar-refractivity contribution in [2.24, 2.45) is 0 Å². The van der Waals surface area contributed by atoms with Crippen LogP contribution in [0.5, 0.6) is 0 Å². The van der Waals surface area contributed by atoms with Gasteiger partial charge >= 0.3 is 0 Å². The van der Waals surface area contributed by atoms with E-state index in [1.807, 2.05) is 6.07 Å². The zero-order valence-electron chi connectivity index (χ0n) is 12.7. The third-order valence-corrected chi connectivity index (χ3v) is 4.07. The van der Waals surface area contributed by atoms with E-state index in [-0.39, 0.29) is 0 Å². The summed E-state index contributed by atoms with van der Waals surface area (Å²) in [6.07, 6.45) is 4.16.